The lowest BCUT2D eigenvalue weighted by molar-refractivity contribution is 0.0945. The molecule has 0 spiro atoms. The summed E-state index contributed by atoms with van der Waals surface area (Å²) in [7, 11) is 0. The standard InChI is InChI=1S/C11H12N2O2/c1-7-3-4-9(10(14)5-7)11(15)13-8(2)6-12/h3-5,8,14H,1-2H3,(H,13,15). The van der Waals surface area contributed by atoms with Crippen LogP contribution in [0.5, 0.6) is 5.75 Å². The number of amides is 1. The molecule has 0 aromatic heterocycles. The van der Waals surface area contributed by atoms with Crippen LogP contribution in [0, 0.1) is 18.3 Å². The highest BCUT2D eigenvalue weighted by Gasteiger charge is 2.12. The third-order valence-corrected chi connectivity index (χ3v) is 1.94. The number of hydrogen-bond donors (Lipinski definition) is 2. The van der Waals surface area contributed by atoms with Crippen molar-refractivity contribution in [1.29, 1.82) is 5.26 Å². The Morgan fingerprint density at radius 1 is 1.60 bits per heavy atom. The molecule has 0 bridgehead atoms. The van der Waals surface area contributed by atoms with Gasteiger partial charge in [0.05, 0.1) is 11.6 Å². The quantitative estimate of drug-likeness (QED) is 0.763. The minimum absolute atomic E-state index is 0.0716. The van der Waals surface area contributed by atoms with E-state index in [-0.39, 0.29) is 11.3 Å². The van der Waals surface area contributed by atoms with Gasteiger partial charge in [-0.1, -0.05) is 6.07 Å². The number of carbonyl (C=O) groups excluding carboxylic acids is 1. The highest BCUT2D eigenvalue weighted by atomic mass is 16.3. The van der Waals surface area contributed by atoms with Crippen molar-refractivity contribution in [3.63, 3.8) is 0 Å². The molecule has 78 valence electrons. The summed E-state index contributed by atoms with van der Waals surface area (Å²) in [5.41, 5.74) is 1.06. The lowest BCUT2D eigenvalue weighted by Gasteiger charge is -2.08. The summed E-state index contributed by atoms with van der Waals surface area (Å²) in [5.74, 6) is -0.515. The van der Waals surface area contributed by atoms with Crippen molar-refractivity contribution in [1.82, 2.24) is 5.32 Å². The van der Waals surface area contributed by atoms with Gasteiger partial charge < -0.3 is 10.4 Å². The van der Waals surface area contributed by atoms with Gasteiger partial charge in [0.15, 0.2) is 0 Å². The minimum Gasteiger partial charge on any atom is -0.507 e. The number of phenols is 1. The second kappa shape index (κ2) is 4.47. The Bertz CT molecular complexity index is 421. The molecule has 0 saturated carbocycles. The Kier molecular flexibility index (Phi) is 3.29. The minimum atomic E-state index is -0.571. The Hall–Kier alpha value is -2.02. The summed E-state index contributed by atoms with van der Waals surface area (Å²) in [6.45, 7) is 3.39. The fourth-order valence-electron chi connectivity index (χ4n) is 1.14. The van der Waals surface area contributed by atoms with E-state index in [4.69, 9.17) is 5.26 Å². The molecule has 0 aliphatic carbocycles. The molecule has 1 rings (SSSR count). The van der Waals surface area contributed by atoms with Crippen molar-refractivity contribution in [3.8, 4) is 11.8 Å². The van der Waals surface area contributed by atoms with Gasteiger partial charge in [0.25, 0.3) is 5.91 Å². The number of phenolic OH excluding ortho intramolecular Hbond substituents is 1. The van der Waals surface area contributed by atoms with Gasteiger partial charge in [0, 0.05) is 0 Å². The summed E-state index contributed by atoms with van der Waals surface area (Å²) in [6, 6.07) is 6.08. The van der Waals surface area contributed by atoms with E-state index in [1.54, 1.807) is 13.0 Å². The maximum atomic E-state index is 11.5. The van der Waals surface area contributed by atoms with Gasteiger partial charge in [-0.15, -0.1) is 0 Å². The van der Waals surface area contributed by atoms with Crippen LogP contribution in [-0.4, -0.2) is 17.1 Å². The van der Waals surface area contributed by atoms with Crippen molar-refractivity contribution in [3.05, 3.63) is 29.3 Å². The molecule has 1 aromatic rings. The number of aryl methyl sites for hydroxylation is 1. The smallest absolute Gasteiger partial charge is 0.256 e. The molecule has 1 aromatic carbocycles. The highest BCUT2D eigenvalue weighted by molar-refractivity contribution is 5.97. The summed E-state index contributed by atoms with van der Waals surface area (Å²) in [5, 5.41) is 20.5. The fourth-order valence-corrected chi connectivity index (χ4v) is 1.14. The van der Waals surface area contributed by atoms with Crippen molar-refractivity contribution in [2.45, 2.75) is 19.9 Å². The summed E-state index contributed by atoms with van der Waals surface area (Å²) >= 11 is 0. The van der Waals surface area contributed by atoms with Gasteiger partial charge in [-0.2, -0.15) is 5.26 Å². The first-order valence-corrected chi connectivity index (χ1v) is 4.54. The maximum absolute atomic E-state index is 11.5. The molecule has 0 fully saturated rings. The Morgan fingerprint density at radius 3 is 2.80 bits per heavy atom. The van der Waals surface area contributed by atoms with Crippen LogP contribution in [0.2, 0.25) is 0 Å². The van der Waals surface area contributed by atoms with Crippen LogP contribution in [0.25, 0.3) is 0 Å². The van der Waals surface area contributed by atoms with Crippen LogP contribution in [-0.2, 0) is 0 Å². The van der Waals surface area contributed by atoms with E-state index in [2.05, 4.69) is 5.32 Å². The molecule has 1 atom stereocenters. The van der Waals surface area contributed by atoms with Crippen molar-refractivity contribution >= 4 is 5.91 Å². The maximum Gasteiger partial charge on any atom is 0.256 e. The number of nitrogens with zero attached hydrogens (tertiary/aromatic N) is 1. The average Bonchev–Trinajstić information content (AvgIpc) is 2.17. The molecule has 0 saturated heterocycles. The van der Waals surface area contributed by atoms with Crippen LogP contribution in [0.1, 0.15) is 22.8 Å². The molecular weight excluding hydrogens is 192 g/mol. The number of aromatic hydroxyl groups is 1. The van der Waals surface area contributed by atoms with Crippen LogP contribution in [0.15, 0.2) is 18.2 Å². The average molecular weight is 204 g/mol. The van der Waals surface area contributed by atoms with E-state index in [1.807, 2.05) is 13.0 Å². The SMILES string of the molecule is Cc1ccc(C(=O)NC(C)C#N)c(O)c1. The molecular formula is C11H12N2O2. The van der Waals surface area contributed by atoms with E-state index >= 15 is 0 Å². The molecule has 0 aliphatic rings. The van der Waals surface area contributed by atoms with Crippen molar-refractivity contribution < 1.29 is 9.90 Å². The van der Waals surface area contributed by atoms with E-state index in [0.29, 0.717) is 0 Å². The Labute approximate surface area is 88.2 Å². The number of hydrogen-bond acceptors (Lipinski definition) is 3. The fraction of sp³-hybridized carbons (Fsp3) is 0.273. The molecule has 0 heterocycles. The van der Waals surface area contributed by atoms with Crippen LogP contribution in [0.3, 0.4) is 0 Å². The lowest BCUT2D eigenvalue weighted by Crippen LogP contribution is -2.31. The normalized spacial score (nSPS) is 11.5. The molecule has 4 heteroatoms. The molecule has 1 unspecified atom stereocenters. The largest absolute Gasteiger partial charge is 0.507 e. The lowest BCUT2D eigenvalue weighted by atomic mass is 10.1. The summed E-state index contributed by atoms with van der Waals surface area (Å²) < 4.78 is 0. The number of benzene rings is 1. The second-order valence-electron chi connectivity index (χ2n) is 3.34. The van der Waals surface area contributed by atoms with Gasteiger partial charge in [-0.05, 0) is 31.5 Å². The van der Waals surface area contributed by atoms with E-state index in [0.717, 1.165) is 5.56 Å². The predicted molar refractivity (Wildman–Crippen MR) is 55.4 cm³/mol. The highest BCUT2D eigenvalue weighted by Crippen LogP contribution is 2.18. The number of nitrogens with one attached hydrogen (secondary N) is 1. The number of nitriles is 1. The number of rotatable bonds is 2. The zero-order valence-corrected chi connectivity index (χ0v) is 8.61. The van der Waals surface area contributed by atoms with Crippen molar-refractivity contribution in [2.75, 3.05) is 0 Å². The monoisotopic (exact) mass is 204 g/mol. The van der Waals surface area contributed by atoms with Crippen molar-refractivity contribution in [2.24, 2.45) is 0 Å². The molecule has 0 radical (unpaired) electrons. The van der Waals surface area contributed by atoms with Gasteiger partial charge in [0.1, 0.15) is 11.8 Å². The molecule has 0 aliphatic heterocycles. The summed E-state index contributed by atoms with van der Waals surface area (Å²) in [4.78, 5) is 11.5. The van der Waals surface area contributed by atoms with Gasteiger partial charge in [0.2, 0.25) is 0 Å². The second-order valence-corrected chi connectivity index (χ2v) is 3.34. The predicted octanol–water partition coefficient (Wildman–Crippen LogP) is 1.34. The third-order valence-electron chi connectivity index (χ3n) is 1.94. The molecule has 15 heavy (non-hydrogen) atoms. The first kappa shape index (κ1) is 11.1. The third kappa shape index (κ3) is 2.71. The van der Waals surface area contributed by atoms with E-state index in [9.17, 15) is 9.90 Å². The van der Waals surface area contributed by atoms with Gasteiger partial charge >= 0.3 is 0 Å². The van der Waals surface area contributed by atoms with Gasteiger partial charge in [-0.25, -0.2) is 0 Å². The number of carbonyl (C=O) groups is 1. The van der Waals surface area contributed by atoms with Crippen LogP contribution < -0.4 is 5.32 Å². The van der Waals surface area contributed by atoms with Crippen LogP contribution in [0.4, 0.5) is 0 Å². The first-order chi connectivity index (χ1) is 7.04. The van der Waals surface area contributed by atoms with Crippen LogP contribution >= 0.6 is 0 Å². The zero-order valence-electron chi connectivity index (χ0n) is 8.61. The van der Waals surface area contributed by atoms with E-state index < -0.39 is 11.9 Å². The van der Waals surface area contributed by atoms with Gasteiger partial charge in [-0.3, -0.25) is 4.79 Å². The topological polar surface area (TPSA) is 73.1 Å². The summed E-state index contributed by atoms with van der Waals surface area (Å²) in [6.07, 6.45) is 0. The molecule has 4 nitrogen and oxygen atoms in total. The first-order valence-electron chi connectivity index (χ1n) is 4.54. The Morgan fingerprint density at radius 2 is 2.27 bits per heavy atom. The Balaban J connectivity index is 2.88. The molecule has 2 N–H and O–H groups in total. The zero-order chi connectivity index (χ0) is 11.4. The molecule has 1 amide bonds. The van der Waals surface area contributed by atoms with E-state index in [1.165, 1.54) is 12.1 Å².